The molecule has 1 aromatic heterocycles. The van der Waals surface area contributed by atoms with Crippen LogP contribution >= 0.6 is 0 Å². The lowest BCUT2D eigenvalue weighted by atomic mass is 9.86. The lowest BCUT2D eigenvalue weighted by Crippen LogP contribution is -2.41. The quantitative estimate of drug-likeness (QED) is 0.678. The standard InChI is InChI=1S/C16H20N2O2/c1-11-5-3-4-6-15(11)18-16(19)13(10-17)9-14-8-7-12(2)20-14/h7-9,11,15H,3-6H2,1-2H3,(H,18,19)/b13-9-/t11-,15-/m1/s1. The summed E-state index contributed by atoms with van der Waals surface area (Å²) in [7, 11) is 0. The molecule has 1 aromatic rings. The minimum absolute atomic E-state index is 0.0946. The van der Waals surface area contributed by atoms with E-state index in [1.807, 2.05) is 19.1 Å². The maximum Gasteiger partial charge on any atom is 0.262 e. The Bertz CT molecular complexity index is 551. The topological polar surface area (TPSA) is 66.0 Å². The molecular formula is C16H20N2O2. The predicted molar refractivity (Wildman–Crippen MR) is 76.6 cm³/mol. The van der Waals surface area contributed by atoms with Gasteiger partial charge in [0.25, 0.3) is 5.91 Å². The molecule has 1 N–H and O–H groups in total. The average Bonchev–Trinajstić information content (AvgIpc) is 2.84. The van der Waals surface area contributed by atoms with E-state index in [1.165, 1.54) is 12.5 Å². The molecule has 1 aliphatic rings. The van der Waals surface area contributed by atoms with Gasteiger partial charge in [0.15, 0.2) is 0 Å². The van der Waals surface area contributed by atoms with Crippen LogP contribution in [0.4, 0.5) is 0 Å². The highest BCUT2D eigenvalue weighted by Gasteiger charge is 2.24. The molecule has 0 spiro atoms. The first kappa shape index (κ1) is 14.4. The molecule has 0 aromatic carbocycles. The summed E-state index contributed by atoms with van der Waals surface area (Å²) in [6.45, 7) is 3.98. The third-order valence-electron chi connectivity index (χ3n) is 3.84. The van der Waals surface area contributed by atoms with E-state index < -0.39 is 0 Å². The van der Waals surface area contributed by atoms with E-state index >= 15 is 0 Å². The number of rotatable bonds is 3. The number of nitrogens with zero attached hydrogens (tertiary/aromatic N) is 1. The van der Waals surface area contributed by atoms with Gasteiger partial charge in [-0.3, -0.25) is 4.79 Å². The Balaban J connectivity index is 2.06. The zero-order valence-electron chi connectivity index (χ0n) is 12.0. The zero-order chi connectivity index (χ0) is 14.5. The number of aryl methyl sites for hydroxylation is 1. The summed E-state index contributed by atoms with van der Waals surface area (Å²) < 4.78 is 5.37. The fourth-order valence-corrected chi connectivity index (χ4v) is 2.60. The van der Waals surface area contributed by atoms with Crippen molar-refractivity contribution in [3.05, 3.63) is 29.2 Å². The van der Waals surface area contributed by atoms with Gasteiger partial charge in [0.05, 0.1) is 0 Å². The largest absolute Gasteiger partial charge is 0.462 e. The Morgan fingerprint density at radius 1 is 1.45 bits per heavy atom. The Morgan fingerprint density at radius 3 is 2.80 bits per heavy atom. The van der Waals surface area contributed by atoms with Gasteiger partial charge < -0.3 is 9.73 Å². The van der Waals surface area contributed by atoms with Crippen LogP contribution in [-0.2, 0) is 4.79 Å². The van der Waals surface area contributed by atoms with Gasteiger partial charge in [-0.2, -0.15) is 5.26 Å². The smallest absolute Gasteiger partial charge is 0.262 e. The average molecular weight is 272 g/mol. The van der Waals surface area contributed by atoms with Gasteiger partial charge in [0.2, 0.25) is 0 Å². The van der Waals surface area contributed by atoms with Gasteiger partial charge in [-0.05, 0) is 37.8 Å². The van der Waals surface area contributed by atoms with Crippen molar-refractivity contribution in [3.63, 3.8) is 0 Å². The number of hydrogen-bond donors (Lipinski definition) is 1. The molecule has 1 saturated carbocycles. The van der Waals surface area contributed by atoms with Crippen LogP contribution < -0.4 is 5.32 Å². The molecule has 4 heteroatoms. The van der Waals surface area contributed by atoms with Crippen LogP contribution in [0.5, 0.6) is 0 Å². The van der Waals surface area contributed by atoms with E-state index in [1.54, 1.807) is 6.07 Å². The summed E-state index contributed by atoms with van der Waals surface area (Å²) in [5, 5.41) is 12.1. The minimum Gasteiger partial charge on any atom is -0.462 e. The fourth-order valence-electron chi connectivity index (χ4n) is 2.60. The van der Waals surface area contributed by atoms with Crippen LogP contribution in [0.25, 0.3) is 6.08 Å². The molecule has 0 saturated heterocycles. The number of nitriles is 1. The van der Waals surface area contributed by atoms with Gasteiger partial charge >= 0.3 is 0 Å². The van der Waals surface area contributed by atoms with Crippen LogP contribution in [-0.4, -0.2) is 11.9 Å². The second kappa shape index (κ2) is 6.42. The van der Waals surface area contributed by atoms with Gasteiger partial charge in [-0.1, -0.05) is 19.8 Å². The Hall–Kier alpha value is -2.02. The van der Waals surface area contributed by atoms with Gasteiger partial charge in [0, 0.05) is 12.1 Å². The Kier molecular flexibility index (Phi) is 4.62. The lowest BCUT2D eigenvalue weighted by Gasteiger charge is -2.29. The van der Waals surface area contributed by atoms with E-state index in [9.17, 15) is 4.79 Å². The van der Waals surface area contributed by atoms with Crippen molar-refractivity contribution in [2.24, 2.45) is 5.92 Å². The first-order chi connectivity index (χ1) is 9.60. The summed E-state index contributed by atoms with van der Waals surface area (Å²) in [5.41, 5.74) is 0.0946. The Morgan fingerprint density at radius 2 is 2.20 bits per heavy atom. The summed E-state index contributed by atoms with van der Waals surface area (Å²) >= 11 is 0. The molecule has 1 aliphatic carbocycles. The van der Waals surface area contributed by atoms with Crippen molar-refractivity contribution in [1.82, 2.24) is 5.32 Å². The second-order valence-electron chi connectivity index (χ2n) is 5.46. The van der Waals surface area contributed by atoms with Crippen molar-refractivity contribution in [3.8, 4) is 6.07 Å². The second-order valence-corrected chi connectivity index (χ2v) is 5.46. The molecule has 2 atom stereocenters. The molecule has 1 heterocycles. The van der Waals surface area contributed by atoms with Crippen molar-refractivity contribution in [2.75, 3.05) is 0 Å². The van der Waals surface area contributed by atoms with Crippen LogP contribution in [0.3, 0.4) is 0 Å². The highest BCUT2D eigenvalue weighted by Crippen LogP contribution is 2.24. The highest BCUT2D eigenvalue weighted by molar-refractivity contribution is 6.01. The first-order valence-electron chi connectivity index (χ1n) is 7.09. The van der Waals surface area contributed by atoms with Crippen molar-refractivity contribution >= 4 is 12.0 Å². The maximum absolute atomic E-state index is 12.2. The van der Waals surface area contributed by atoms with E-state index in [4.69, 9.17) is 9.68 Å². The molecule has 20 heavy (non-hydrogen) atoms. The summed E-state index contributed by atoms with van der Waals surface area (Å²) in [6.07, 6.45) is 5.98. The minimum atomic E-state index is -0.305. The number of furan rings is 1. The van der Waals surface area contributed by atoms with Crippen LogP contribution in [0.1, 0.15) is 44.1 Å². The normalized spacial score (nSPS) is 23.1. The van der Waals surface area contributed by atoms with Crippen molar-refractivity contribution in [1.29, 1.82) is 5.26 Å². The molecule has 1 amide bonds. The number of hydrogen-bond acceptors (Lipinski definition) is 3. The fraction of sp³-hybridized carbons (Fsp3) is 0.500. The molecule has 0 unspecified atom stereocenters. The van der Waals surface area contributed by atoms with Gasteiger partial charge in [0.1, 0.15) is 23.2 Å². The molecule has 106 valence electrons. The summed E-state index contributed by atoms with van der Waals surface area (Å²) in [4.78, 5) is 12.2. The predicted octanol–water partition coefficient (Wildman–Crippen LogP) is 3.19. The third kappa shape index (κ3) is 3.51. The van der Waals surface area contributed by atoms with Gasteiger partial charge in [-0.25, -0.2) is 0 Å². The maximum atomic E-state index is 12.2. The number of nitrogens with one attached hydrogen (secondary N) is 1. The molecule has 0 radical (unpaired) electrons. The molecule has 4 nitrogen and oxygen atoms in total. The van der Waals surface area contributed by atoms with E-state index in [-0.39, 0.29) is 17.5 Å². The molecule has 0 bridgehead atoms. The Labute approximate surface area is 119 Å². The van der Waals surface area contributed by atoms with Gasteiger partial charge in [-0.15, -0.1) is 0 Å². The highest BCUT2D eigenvalue weighted by atomic mass is 16.3. The molecule has 2 rings (SSSR count). The zero-order valence-corrected chi connectivity index (χ0v) is 12.0. The lowest BCUT2D eigenvalue weighted by molar-refractivity contribution is -0.118. The van der Waals surface area contributed by atoms with Crippen molar-refractivity contribution in [2.45, 2.75) is 45.6 Å². The SMILES string of the molecule is Cc1ccc(/C=C(/C#N)C(=O)N[C@@H]2CCCC[C@H]2C)o1. The molecule has 0 aliphatic heterocycles. The summed E-state index contributed by atoms with van der Waals surface area (Å²) in [5.74, 6) is 1.46. The number of amides is 1. The van der Waals surface area contributed by atoms with Crippen LogP contribution in [0, 0.1) is 24.2 Å². The van der Waals surface area contributed by atoms with E-state index in [0.29, 0.717) is 11.7 Å². The number of carbonyl (C=O) groups excluding carboxylic acids is 1. The monoisotopic (exact) mass is 272 g/mol. The van der Waals surface area contributed by atoms with Crippen molar-refractivity contribution < 1.29 is 9.21 Å². The van der Waals surface area contributed by atoms with E-state index in [2.05, 4.69) is 12.2 Å². The molecular weight excluding hydrogens is 252 g/mol. The molecule has 1 fully saturated rings. The van der Waals surface area contributed by atoms with E-state index in [0.717, 1.165) is 25.0 Å². The van der Waals surface area contributed by atoms with Crippen LogP contribution in [0.2, 0.25) is 0 Å². The third-order valence-corrected chi connectivity index (χ3v) is 3.84. The summed E-state index contributed by atoms with van der Waals surface area (Å²) in [6, 6.07) is 5.69. The number of carbonyl (C=O) groups is 1. The van der Waals surface area contributed by atoms with Crippen LogP contribution in [0.15, 0.2) is 22.1 Å². The first-order valence-corrected chi connectivity index (χ1v) is 7.09.